The molecule has 3 aromatic rings. The Kier molecular flexibility index (Phi) is 3.19. The first-order chi connectivity index (χ1) is 10.1. The Morgan fingerprint density at radius 3 is 2.48 bits per heavy atom. The third-order valence-electron chi connectivity index (χ3n) is 3.24. The van der Waals surface area contributed by atoms with Gasteiger partial charge in [-0.25, -0.2) is 0 Å². The summed E-state index contributed by atoms with van der Waals surface area (Å²) in [6.07, 6.45) is 0. The van der Waals surface area contributed by atoms with E-state index in [1.807, 2.05) is 13.8 Å². The van der Waals surface area contributed by atoms with E-state index in [1.54, 1.807) is 24.3 Å². The van der Waals surface area contributed by atoms with Gasteiger partial charge in [0.25, 0.3) is 5.91 Å². The minimum atomic E-state index is -0.218. The first-order valence-corrected chi connectivity index (χ1v) is 6.32. The zero-order valence-electron chi connectivity index (χ0n) is 11.5. The highest BCUT2D eigenvalue weighted by atomic mass is 16.1. The highest BCUT2D eigenvalue weighted by molar-refractivity contribution is 6.04. The Morgan fingerprint density at radius 2 is 1.90 bits per heavy atom. The van der Waals surface area contributed by atoms with Crippen LogP contribution in [-0.2, 0) is 0 Å². The SMILES string of the molecule is Cc1[nH]nc(NC(=O)c2ccc(-c3nn[nH]n3)cc2)c1C. The van der Waals surface area contributed by atoms with Gasteiger partial charge in [-0.1, -0.05) is 12.1 Å². The van der Waals surface area contributed by atoms with E-state index in [0.717, 1.165) is 16.8 Å². The number of benzene rings is 1. The van der Waals surface area contributed by atoms with Crippen LogP contribution >= 0.6 is 0 Å². The van der Waals surface area contributed by atoms with Crippen LogP contribution in [0.4, 0.5) is 5.82 Å². The monoisotopic (exact) mass is 283 g/mol. The average molecular weight is 283 g/mol. The summed E-state index contributed by atoms with van der Waals surface area (Å²) in [5.74, 6) is 0.810. The Hall–Kier alpha value is -3.03. The lowest BCUT2D eigenvalue weighted by Crippen LogP contribution is -2.12. The maximum absolute atomic E-state index is 12.2. The molecule has 3 N–H and O–H groups in total. The van der Waals surface area contributed by atoms with Crippen molar-refractivity contribution in [1.29, 1.82) is 0 Å². The number of nitrogens with one attached hydrogen (secondary N) is 3. The second-order valence-electron chi connectivity index (χ2n) is 4.59. The second-order valence-corrected chi connectivity index (χ2v) is 4.59. The molecule has 0 bridgehead atoms. The van der Waals surface area contributed by atoms with Gasteiger partial charge in [0.15, 0.2) is 5.82 Å². The molecule has 8 nitrogen and oxygen atoms in total. The van der Waals surface area contributed by atoms with Gasteiger partial charge in [-0.15, -0.1) is 10.2 Å². The van der Waals surface area contributed by atoms with Gasteiger partial charge < -0.3 is 5.32 Å². The first-order valence-electron chi connectivity index (χ1n) is 6.32. The van der Waals surface area contributed by atoms with Crippen molar-refractivity contribution in [1.82, 2.24) is 30.8 Å². The van der Waals surface area contributed by atoms with E-state index in [2.05, 4.69) is 36.1 Å². The van der Waals surface area contributed by atoms with E-state index in [-0.39, 0.29) is 5.91 Å². The number of aromatic amines is 2. The van der Waals surface area contributed by atoms with Crippen molar-refractivity contribution in [3.63, 3.8) is 0 Å². The van der Waals surface area contributed by atoms with Crippen LogP contribution < -0.4 is 5.32 Å². The van der Waals surface area contributed by atoms with Crippen molar-refractivity contribution in [3.8, 4) is 11.4 Å². The molecule has 0 atom stereocenters. The molecule has 2 aromatic heterocycles. The number of nitrogens with zero attached hydrogens (tertiary/aromatic N) is 4. The summed E-state index contributed by atoms with van der Waals surface area (Å²) in [6.45, 7) is 3.80. The third-order valence-corrected chi connectivity index (χ3v) is 3.24. The molecule has 0 saturated carbocycles. The second kappa shape index (κ2) is 5.16. The molecule has 3 rings (SSSR count). The molecule has 1 aromatic carbocycles. The van der Waals surface area contributed by atoms with E-state index >= 15 is 0 Å². The Balaban J connectivity index is 1.78. The number of aryl methyl sites for hydroxylation is 1. The maximum atomic E-state index is 12.2. The number of tetrazole rings is 1. The van der Waals surface area contributed by atoms with Gasteiger partial charge in [-0.2, -0.15) is 10.3 Å². The van der Waals surface area contributed by atoms with Gasteiger partial charge in [0.2, 0.25) is 5.82 Å². The fraction of sp³-hybridized carbons (Fsp3) is 0.154. The summed E-state index contributed by atoms with van der Waals surface area (Å²) in [5.41, 5.74) is 3.17. The lowest BCUT2D eigenvalue weighted by Gasteiger charge is -2.04. The minimum absolute atomic E-state index is 0.218. The quantitative estimate of drug-likeness (QED) is 0.673. The van der Waals surface area contributed by atoms with Crippen LogP contribution in [0.25, 0.3) is 11.4 Å². The Morgan fingerprint density at radius 1 is 1.14 bits per heavy atom. The van der Waals surface area contributed by atoms with E-state index in [4.69, 9.17) is 0 Å². The van der Waals surface area contributed by atoms with Crippen LogP contribution in [0, 0.1) is 13.8 Å². The van der Waals surface area contributed by atoms with E-state index in [1.165, 1.54) is 0 Å². The molecule has 0 aliphatic carbocycles. The summed E-state index contributed by atoms with van der Waals surface area (Å²) >= 11 is 0. The molecule has 0 saturated heterocycles. The molecule has 1 amide bonds. The molecule has 21 heavy (non-hydrogen) atoms. The minimum Gasteiger partial charge on any atom is -0.305 e. The lowest BCUT2D eigenvalue weighted by molar-refractivity contribution is 0.102. The number of hydrogen-bond acceptors (Lipinski definition) is 5. The number of rotatable bonds is 3. The highest BCUT2D eigenvalue weighted by Crippen LogP contribution is 2.17. The molecule has 0 spiro atoms. The molecular weight excluding hydrogens is 270 g/mol. The van der Waals surface area contributed by atoms with E-state index < -0.39 is 0 Å². The number of carbonyl (C=O) groups is 1. The summed E-state index contributed by atoms with van der Waals surface area (Å²) in [4.78, 5) is 12.2. The van der Waals surface area contributed by atoms with Crippen LogP contribution in [0.2, 0.25) is 0 Å². The number of hydrogen-bond donors (Lipinski definition) is 3. The van der Waals surface area contributed by atoms with Crippen molar-refractivity contribution in [3.05, 3.63) is 41.1 Å². The predicted octanol–water partition coefficient (Wildman–Crippen LogP) is 1.46. The van der Waals surface area contributed by atoms with Gasteiger partial charge in [-0.3, -0.25) is 9.89 Å². The van der Waals surface area contributed by atoms with E-state index in [9.17, 15) is 4.79 Å². The largest absolute Gasteiger partial charge is 0.305 e. The highest BCUT2D eigenvalue weighted by Gasteiger charge is 2.12. The first kappa shape index (κ1) is 13.0. The predicted molar refractivity (Wildman–Crippen MR) is 75.6 cm³/mol. The number of H-pyrrole nitrogens is 2. The van der Waals surface area contributed by atoms with Crippen molar-refractivity contribution in [2.45, 2.75) is 13.8 Å². The number of carbonyl (C=O) groups excluding carboxylic acids is 1. The third kappa shape index (κ3) is 2.50. The standard InChI is InChI=1S/C13H13N7O/c1-7-8(2)15-16-11(7)14-13(21)10-5-3-9(4-6-10)12-17-19-20-18-12/h3-6H,1-2H3,(H2,14,15,16,21)(H,17,18,19,20). The van der Waals surface area contributed by atoms with Crippen LogP contribution in [0.15, 0.2) is 24.3 Å². The summed E-state index contributed by atoms with van der Waals surface area (Å²) in [5, 5.41) is 23.3. The summed E-state index contributed by atoms with van der Waals surface area (Å²) in [7, 11) is 0. The summed E-state index contributed by atoms with van der Waals surface area (Å²) in [6, 6.07) is 6.94. The van der Waals surface area contributed by atoms with Crippen LogP contribution in [0.1, 0.15) is 21.6 Å². The van der Waals surface area contributed by atoms with Crippen LogP contribution in [0.5, 0.6) is 0 Å². The van der Waals surface area contributed by atoms with Crippen molar-refractivity contribution < 1.29 is 4.79 Å². The molecule has 8 heteroatoms. The molecular formula is C13H13N7O. The number of anilines is 1. The molecule has 0 aliphatic rings. The van der Waals surface area contributed by atoms with Crippen LogP contribution in [-0.4, -0.2) is 36.7 Å². The smallest absolute Gasteiger partial charge is 0.256 e. The number of aromatic nitrogens is 6. The van der Waals surface area contributed by atoms with Gasteiger partial charge >= 0.3 is 0 Å². The zero-order valence-corrected chi connectivity index (χ0v) is 11.5. The van der Waals surface area contributed by atoms with Crippen LogP contribution in [0.3, 0.4) is 0 Å². The van der Waals surface area contributed by atoms with Crippen molar-refractivity contribution in [2.75, 3.05) is 5.32 Å². The normalized spacial score (nSPS) is 10.6. The molecule has 0 radical (unpaired) electrons. The van der Waals surface area contributed by atoms with Gasteiger partial charge in [0.05, 0.1) is 0 Å². The van der Waals surface area contributed by atoms with Crippen molar-refractivity contribution in [2.24, 2.45) is 0 Å². The number of amides is 1. The fourth-order valence-electron chi connectivity index (χ4n) is 1.84. The lowest BCUT2D eigenvalue weighted by atomic mass is 10.1. The molecule has 106 valence electrons. The van der Waals surface area contributed by atoms with Gasteiger partial charge in [-0.05, 0) is 31.2 Å². The Bertz CT molecular complexity index is 758. The maximum Gasteiger partial charge on any atom is 0.256 e. The van der Waals surface area contributed by atoms with Gasteiger partial charge in [0.1, 0.15) is 0 Å². The molecule has 0 fully saturated rings. The molecule has 0 aliphatic heterocycles. The topological polar surface area (TPSA) is 112 Å². The van der Waals surface area contributed by atoms with E-state index in [0.29, 0.717) is 17.2 Å². The zero-order chi connectivity index (χ0) is 14.8. The summed E-state index contributed by atoms with van der Waals surface area (Å²) < 4.78 is 0. The van der Waals surface area contributed by atoms with Gasteiger partial charge in [0, 0.05) is 22.4 Å². The van der Waals surface area contributed by atoms with Crippen molar-refractivity contribution >= 4 is 11.7 Å². The molecule has 2 heterocycles. The fourth-order valence-corrected chi connectivity index (χ4v) is 1.84. The molecule has 0 unspecified atom stereocenters. The average Bonchev–Trinajstić information content (AvgIpc) is 3.13. The Labute approximate surface area is 120 Å².